The molecular formula is C10H17N3OS. The molecule has 0 aliphatic carbocycles. The van der Waals surface area contributed by atoms with E-state index < -0.39 is 0 Å². The molecule has 4 nitrogen and oxygen atoms in total. The minimum Gasteiger partial charge on any atom is -0.390 e. The lowest BCUT2D eigenvalue weighted by Crippen LogP contribution is -2.31. The molecule has 0 fully saturated rings. The second-order valence-electron chi connectivity index (χ2n) is 3.46. The number of rotatable bonds is 5. The summed E-state index contributed by atoms with van der Waals surface area (Å²) in [4.78, 5) is 2.09. The lowest BCUT2D eigenvalue weighted by Gasteiger charge is -2.24. The van der Waals surface area contributed by atoms with Crippen LogP contribution < -0.4 is 4.90 Å². The van der Waals surface area contributed by atoms with E-state index in [1.165, 1.54) is 0 Å². The molecular weight excluding hydrogens is 210 g/mol. The van der Waals surface area contributed by atoms with E-state index in [2.05, 4.69) is 28.3 Å². The Labute approximate surface area is 94.7 Å². The molecule has 84 valence electrons. The first-order valence-corrected chi connectivity index (χ1v) is 6.23. The van der Waals surface area contributed by atoms with Crippen molar-refractivity contribution in [2.24, 2.45) is 0 Å². The molecule has 1 aromatic rings. The fourth-order valence-electron chi connectivity index (χ4n) is 1.20. The molecule has 1 atom stereocenters. The van der Waals surface area contributed by atoms with Crippen LogP contribution in [-0.4, -0.2) is 40.4 Å². The average Bonchev–Trinajstić information content (AvgIpc) is 2.28. The summed E-state index contributed by atoms with van der Waals surface area (Å²) >= 11 is 1.81. The van der Waals surface area contributed by atoms with E-state index in [1.807, 2.05) is 24.9 Å². The molecule has 0 aliphatic heterocycles. The number of hydrogen-bond donors (Lipinski definition) is 1. The van der Waals surface area contributed by atoms with E-state index in [9.17, 15) is 0 Å². The predicted molar refractivity (Wildman–Crippen MR) is 64.2 cm³/mol. The second kappa shape index (κ2) is 5.92. The fourth-order valence-corrected chi connectivity index (χ4v) is 1.91. The zero-order valence-electron chi connectivity index (χ0n) is 9.34. The molecule has 1 heterocycles. The van der Waals surface area contributed by atoms with Crippen LogP contribution in [0.3, 0.4) is 0 Å². The molecule has 0 aromatic carbocycles. The van der Waals surface area contributed by atoms with Gasteiger partial charge < -0.3 is 10.0 Å². The highest BCUT2D eigenvalue weighted by Crippen LogP contribution is 2.13. The Morgan fingerprint density at radius 3 is 2.67 bits per heavy atom. The minimum absolute atomic E-state index is 0.0582. The van der Waals surface area contributed by atoms with E-state index in [1.54, 1.807) is 6.07 Å². The van der Waals surface area contributed by atoms with Gasteiger partial charge in [0.2, 0.25) is 0 Å². The maximum Gasteiger partial charge on any atom is 0.151 e. The van der Waals surface area contributed by atoms with Gasteiger partial charge in [-0.1, -0.05) is 0 Å². The number of aromatic nitrogens is 2. The van der Waals surface area contributed by atoms with E-state index in [-0.39, 0.29) is 6.61 Å². The Morgan fingerprint density at radius 1 is 1.47 bits per heavy atom. The molecule has 1 aromatic heterocycles. The Balaban J connectivity index is 2.69. The monoisotopic (exact) mass is 227 g/mol. The van der Waals surface area contributed by atoms with Crippen LogP contribution in [0.25, 0.3) is 0 Å². The van der Waals surface area contributed by atoms with Crippen LogP contribution in [0.15, 0.2) is 12.1 Å². The standard InChI is InChI=1S/C10H17N3OS/c1-8(7-15-3)13(2)10-5-4-9(6-14)11-12-10/h4-5,8,14H,6-7H2,1-3H3. The number of aliphatic hydroxyl groups is 1. The van der Waals surface area contributed by atoms with Crippen molar-refractivity contribution in [2.75, 3.05) is 24.0 Å². The minimum atomic E-state index is -0.0582. The molecule has 1 N–H and O–H groups in total. The Kier molecular flexibility index (Phi) is 4.84. The molecule has 5 heteroatoms. The van der Waals surface area contributed by atoms with Crippen molar-refractivity contribution < 1.29 is 5.11 Å². The smallest absolute Gasteiger partial charge is 0.151 e. The topological polar surface area (TPSA) is 49.2 Å². The summed E-state index contributed by atoms with van der Waals surface area (Å²) in [6.07, 6.45) is 2.09. The molecule has 0 saturated heterocycles. The van der Waals surface area contributed by atoms with Crippen molar-refractivity contribution in [3.63, 3.8) is 0 Å². The largest absolute Gasteiger partial charge is 0.390 e. The maximum absolute atomic E-state index is 8.84. The van der Waals surface area contributed by atoms with Gasteiger partial charge in [-0.05, 0) is 25.3 Å². The summed E-state index contributed by atoms with van der Waals surface area (Å²) in [5.74, 6) is 1.90. The Morgan fingerprint density at radius 2 is 2.20 bits per heavy atom. The van der Waals surface area contributed by atoms with Crippen LogP contribution >= 0.6 is 11.8 Å². The predicted octanol–water partition coefficient (Wildman–Crippen LogP) is 1.16. The van der Waals surface area contributed by atoms with Gasteiger partial charge in [-0.3, -0.25) is 0 Å². The van der Waals surface area contributed by atoms with Gasteiger partial charge in [0.1, 0.15) is 0 Å². The lowest BCUT2D eigenvalue weighted by atomic mass is 10.3. The Bertz CT molecular complexity index is 291. The van der Waals surface area contributed by atoms with Crippen molar-refractivity contribution in [3.8, 4) is 0 Å². The molecule has 1 unspecified atom stereocenters. The third-order valence-electron chi connectivity index (χ3n) is 2.30. The van der Waals surface area contributed by atoms with Crippen molar-refractivity contribution in [3.05, 3.63) is 17.8 Å². The number of thioether (sulfide) groups is 1. The molecule has 1 rings (SSSR count). The summed E-state index contributed by atoms with van der Waals surface area (Å²) in [6.45, 7) is 2.09. The van der Waals surface area contributed by atoms with E-state index >= 15 is 0 Å². The fraction of sp³-hybridized carbons (Fsp3) is 0.600. The molecule has 0 amide bonds. The van der Waals surface area contributed by atoms with Gasteiger partial charge in [-0.2, -0.15) is 16.9 Å². The molecule has 0 radical (unpaired) electrons. The van der Waals surface area contributed by atoms with Gasteiger partial charge in [-0.25, -0.2) is 0 Å². The first-order chi connectivity index (χ1) is 7.19. The Hall–Kier alpha value is -0.810. The van der Waals surface area contributed by atoms with Crippen molar-refractivity contribution in [1.29, 1.82) is 0 Å². The number of aliphatic hydroxyl groups excluding tert-OH is 1. The first kappa shape index (κ1) is 12.3. The van der Waals surface area contributed by atoms with Crippen LogP contribution in [0.1, 0.15) is 12.6 Å². The van der Waals surface area contributed by atoms with Crippen molar-refractivity contribution in [2.45, 2.75) is 19.6 Å². The zero-order valence-corrected chi connectivity index (χ0v) is 10.2. The highest BCUT2D eigenvalue weighted by atomic mass is 32.2. The van der Waals surface area contributed by atoms with Gasteiger partial charge in [0, 0.05) is 18.8 Å². The summed E-state index contributed by atoms with van der Waals surface area (Å²) in [7, 11) is 2.00. The quantitative estimate of drug-likeness (QED) is 0.818. The van der Waals surface area contributed by atoms with Gasteiger partial charge >= 0.3 is 0 Å². The molecule has 15 heavy (non-hydrogen) atoms. The second-order valence-corrected chi connectivity index (χ2v) is 4.37. The van der Waals surface area contributed by atoms with Crippen molar-refractivity contribution >= 4 is 17.6 Å². The van der Waals surface area contributed by atoms with Crippen LogP contribution in [0.2, 0.25) is 0 Å². The first-order valence-electron chi connectivity index (χ1n) is 4.84. The number of nitrogens with zero attached hydrogens (tertiary/aromatic N) is 3. The normalized spacial score (nSPS) is 12.5. The van der Waals surface area contributed by atoms with Crippen LogP contribution in [0.4, 0.5) is 5.82 Å². The van der Waals surface area contributed by atoms with Crippen LogP contribution in [-0.2, 0) is 6.61 Å². The zero-order chi connectivity index (χ0) is 11.3. The number of hydrogen-bond acceptors (Lipinski definition) is 5. The van der Waals surface area contributed by atoms with Gasteiger partial charge in [0.05, 0.1) is 12.3 Å². The number of anilines is 1. The lowest BCUT2D eigenvalue weighted by molar-refractivity contribution is 0.275. The van der Waals surface area contributed by atoms with E-state index in [4.69, 9.17) is 5.11 Å². The molecule has 0 saturated carbocycles. The summed E-state index contributed by atoms with van der Waals surface area (Å²) in [6, 6.07) is 4.11. The summed E-state index contributed by atoms with van der Waals surface area (Å²) in [5.41, 5.74) is 0.602. The van der Waals surface area contributed by atoms with Gasteiger partial charge in [-0.15, -0.1) is 5.10 Å². The molecule has 0 aliphatic rings. The summed E-state index contributed by atoms with van der Waals surface area (Å²) < 4.78 is 0. The third kappa shape index (κ3) is 3.35. The van der Waals surface area contributed by atoms with Gasteiger partial charge in [0.15, 0.2) is 5.82 Å². The van der Waals surface area contributed by atoms with Gasteiger partial charge in [0.25, 0.3) is 0 Å². The van der Waals surface area contributed by atoms with E-state index in [0.717, 1.165) is 11.6 Å². The molecule has 0 bridgehead atoms. The molecule has 0 spiro atoms. The highest BCUT2D eigenvalue weighted by molar-refractivity contribution is 7.98. The van der Waals surface area contributed by atoms with Crippen molar-refractivity contribution in [1.82, 2.24) is 10.2 Å². The average molecular weight is 227 g/mol. The van der Waals surface area contributed by atoms with Crippen LogP contribution in [0, 0.1) is 0 Å². The SMILES string of the molecule is CSCC(C)N(C)c1ccc(CO)nn1. The van der Waals surface area contributed by atoms with Crippen LogP contribution in [0.5, 0.6) is 0 Å². The van der Waals surface area contributed by atoms with E-state index in [0.29, 0.717) is 11.7 Å². The maximum atomic E-state index is 8.84. The third-order valence-corrected chi connectivity index (χ3v) is 3.11. The summed E-state index contributed by atoms with van der Waals surface area (Å²) in [5, 5.41) is 16.8. The highest BCUT2D eigenvalue weighted by Gasteiger charge is 2.10.